The summed E-state index contributed by atoms with van der Waals surface area (Å²) in [5, 5.41) is 11.4. The highest BCUT2D eigenvalue weighted by Crippen LogP contribution is 2.16. The molecule has 5 nitrogen and oxygen atoms in total. The molecule has 0 amide bonds. The van der Waals surface area contributed by atoms with E-state index in [1.807, 2.05) is 21.5 Å². The first kappa shape index (κ1) is 12.0. The van der Waals surface area contributed by atoms with Crippen LogP contribution in [0.2, 0.25) is 0 Å². The minimum Gasteiger partial charge on any atom is -0.302 e. The predicted octanol–water partition coefficient (Wildman–Crippen LogP) is 2.40. The average molecular weight is 251 g/mol. The summed E-state index contributed by atoms with van der Waals surface area (Å²) in [6.45, 7) is 7.26. The number of hydrogen-bond donors (Lipinski definition) is 1. The van der Waals surface area contributed by atoms with Gasteiger partial charge in [-0.1, -0.05) is 13.8 Å². The highest BCUT2D eigenvalue weighted by atomic mass is 32.1. The summed E-state index contributed by atoms with van der Waals surface area (Å²) in [5.74, 6) is 1.45. The van der Waals surface area contributed by atoms with Crippen molar-refractivity contribution in [3.05, 3.63) is 29.1 Å². The zero-order valence-electron chi connectivity index (χ0n) is 10.3. The molecule has 0 aromatic carbocycles. The van der Waals surface area contributed by atoms with Gasteiger partial charge in [0.25, 0.3) is 0 Å². The Labute approximate surface area is 105 Å². The Balaban J connectivity index is 2.36. The average Bonchev–Trinajstić information content (AvgIpc) is 2.88. The molecule has 92 valence electrons. The number of aromatic amines is 1. The van der Waals surface area contributed by atoms with Gasteiger partial charge in [0.15, 0.2) is 10.6 Å². The van der Waals surface area contributed by atoms with Gasteiger partial charge in [-0.15, -0.1) is 0 Å². The van der Waals surface area contributed by atoms with Gasteiger partial charge < -0.3 is 4.57 Å². The van der Waals surface area contributed by atoms with Crippen molar-refractivity contribution in [1.82, 2.24) is 24.5 Å². The zero-order valence-corrected chi connectivity index (χ0v) is 11.1. The van der Waals surface area contributed by atoms with Gasteiger partial charge >= 0.3 is 0 Å². The summed E-state index contributed by atoms with van der Waals surface area (Å²) in [7, 11) is 0. The van der Waals surface area contributed by atoms with Crippen molar-refractivity contribution >= 4 is 12.2 Å². The van der Waals surface area contributed by atoms with E-state index in [0.29, 0.717) is 10.7 Å². The highest BCUT2D eigenvalue weighted by molar-refractivity contribution is 7.71. The molecule has 0 saturated carbocycles. The first-order valence-corrected chi connectivity index (χ1v) is 6.14. The van der Waals surface area contributed by atoms with E-state index in [1.54, 1.807) is 6.20 Å². The van der Waals surface area contributed by atoms with Crippen LogP contribution in [0.15, 0.2) is 18.5 Å². The van der Waals surface area contributed by atoms with Gasteiger partial charge in [-0.05, 0) is 31.1 Å². The Morgan fingerprint density at radius 1 is 1.41 bits per heavy atom. The number of rotatable bonds is 4. The van der Waals surface area contributed by atoms with Crippen molar-refractivity contribution in [1.29, 1.82) is 0 Å². The van der Waals surface area contributed by atoms with Crippen molar-refractivity contribution in [2.75, 3.05) is 0 Å². The lowest BCUT2D eigenvalue weighted by atomic mass is 10.2. The van der Waals surface area contributed by atoms with E-state index in [9.17, 15) is 0 Å². The fourth-order valence-electron chi connectivity index (χ4n) is 1.82. The van der Waals surface area contributed by atoms with Gasteiger partial charge in [-0.2, -0.15) is 10.2 Å². The van der Waals surface area contributed by atoms with Crippen LogP contribution in [0, 0.1) is 10.7 Å². The van der Waals surface area contributed by atoms with E-state index >= 15 is 0 Å². The topological polar surface area (TPSA) is 51.4 Å². The molecule has 2 rings (SSSR count). The second-order valence-electron chi connectivity index (χ2n) is 4.55. The van der Waals surface area contributed by atoms with Gasteiger partial charge in [0.05, 0.1) is 0 Å². The minimum atomic E-state index is 0.0803. The van der Waals surface area contributed by atoms with Crippen molar-refractivity contribution in [3.8, 4) is 0 Å². The Bertz CT molecular complexity index is 522. The fourth-order valence-corrected chi connectivity index (χ4v) is 2.03. The van der Waals surface area contributed by atoms with Crippen LogP contribution in [-0.4, -0.2) is 24.5 Å². The Morgan fingerprint density at radius 3 is 2.76 bits per heavy atom. The molecule has 0 spiro atoms. The minimum absolute atomic E-state index is 0.0803. The number of aromatic nitrogens is 5. The molecular weight excluding hydrogens is 234 g/mol. The quantitative estimate of drug-likeness (QED) is 0.849. The van der Waals surface area contributed by atoms with Crippen LogP contribution in [0.3, 0.4) is 0 Å². The van der Waals surface area contributed by atoms with Gasteiger partial charge in [-0.3, -0.25) is 9.78 Å². The third-order valence-electron chi connectivity index (χ3n) is 2.63. The van der Waals surface area contributed by atoms with Crippen LogP contribution in [0.25, 0.3) is 0 Å². The van der Waals surface area contributed by atoms with E-state index < -0.39 is 0 Å². The normalized spacial score (nSPS) is 13.2. The second-order valence-corrected chi connectivity index (χ2v) is 4.94. The molecule has 0 saturated heterocycles. The molecule has 1 atom stereocenters. The number of nitrogens with zero attached hydrogens (tertiary/aromatic N) is 4. The molecule has 2 heterocycles. The molecule has 1 N–H and O–H groups in total. The molecule has 0 fully saturated rings. The van der Waals surface area contributed by atoms with Crippen LogP contribution in [-0.2, 0) is 6.54 Å². The van der Waals surface area contributed by atoms with Gasteiger partial charge in [0.1, 0.15) is 6.04 Å². The molecule has 0 bridgehead atoms. The number of H-pyrrole nitrogens is 1. The molecule has 1 unspecified atom stereocenters. The number of hydrogen-bond acceptors (Lipinski definition) is 3. The summed E-state index contributed by atoms with van der Waals surface area (Å²) < 4.78 is 4.60. The van der Waals surface area contributed by atoms with E-state index in [4.69, 9.17) is 12.2 Å². The monoisotopic (exact) mass is 251 g/mol. The van der Waals surface area contributed by atoms with Gasteiger partial charge in [-0.25, -0.2) is 0 Å². The molecule has 2 aromatic heterocycles. The van der Waals surface area contributed by atoms with Crippen LogP contribution >= 0.6 is 12.2 Å². The number of nitrogens with one attached hydrogen (secondary N) is 1. The lowest BCUT2D eigenvalue weighted by molar-refractivity contribution is 0.457. The van der Waals surface area contributed by atoms with Gasteiger partial charge in [0, 0.05) is 18.9 Å². The maximum atomic E-state index is 5.26. The molecule has 6 heteroatoms. The summed E-state index contributed by atoms with van der Waals surface area (Å²) in [5.41, 5.74) is 0. The van der Waals surface area contributed by atoms with Crippen molar-refractivity contribution < 1.29 is 0 Å². The first-order chi connectivity index (χ1) is 8.09. The Hall–Kier alpha value is -1.43. The first-order valence-electron chi connectivity index (χ1n) is 5.74. The second kappa shape index (κ2) is 4.83. The lowest BCUT2D eigenvalue weighted by Crippen LogP contribution is -2.16. The van der Waals surface area contributed by atoms with Crippen LogP contribution < -0.4 is 0 Å². The Kier molecular flexibility index (Phi) is 3.42. The SMILES string of the molecule is CC(C)Cn1c(C(C)n2cccn2)n[nH]c1=S. The Morgan fingerprint density at radius 2 is 2.18 bits per heavy atom. The van der Waals surface area contributed by atoms with E-state index in [0.717, 1.165) is 12.4 Å². The fraction of sp³-hybridized carbons (Fsp3) is 0.545. The predicted molar refractivity (Wildman–Crippen MR) is 68.3 cm³/mol. The molecule has 17 heavy (non-hydrogen) atoms. The largest absolute Gasteiger partial charge is 0.302 e. The third-order valence-corrected chi connectivity index (χ3v) is 2.94. The molecule has 2 aromatic rings. The van der Waals surface area contributed by atoms with Crippen molar-refractivity contribution in [3.63, 3.8) is 0 Å². The molecule has 0 aliphatic rings. The van der Waals surface area contributed by atoms with Crippen molar-refractivity contribution in [2.45, 2.75) is 33.4 Å². The molecule has 0 aliphatic heterocycles. The molecule has 0 aliphatic carbocycles. The van der Waals surface area contributed by atoms with Gasteiger partial charge in [0.2, 0.25) is 0 Å². The highest BCUT2D eigenvalue weighted by Gasteiger charge is 2.16. The smallest absolute Gasteiger partial charge is 0.195 e. The molecule has 0 radical (unpaired) electrons. The lowest BCUT2D eigenvalue weighted by Gasteiger charge is -2.14. The zero-order chi connectivity index (χ0) is 12.4. The van der Waals surface area contributed by atoms with E-state index in [1.165, 1.54) is 0 Å². The van der Waals surface area contributed by atoms with Crippen LogP contribution in [0.4, 0.5) is 0 Å². The maximum Gasteiger partial charge on any atom is 0.195 e. The molecular formula is C11H17N5S. The summed E-state index contributed by atoms with van der Waals surface area (Å²) in [6, 6.07) is 1.99. The summed E-state index contributed by atoms with van der Waals surface area (Å²) in [6.07, 6.45) is 3.70. The van der Waals surface area contributed by atoms with E-state index in [-0.39, 0.29) is 6.04 Å². The van der Waals surface area contributed by atoms with Crippen molar-refractivity contribution in [2.24, 2.45) is 5.92 Å². The van der Waals surface area contributed by atoms with Crippen LogP contribution in [0.5, 0.6) is 0 Å². The summed E-state index contributed by atoms with van der Waals surface area (Å²) in [4.78, 5) is 0. The van der Waals surface area contributed by atoms with E-state index in [2.05, 4.69) is 36.1 Å². The third kappa shape index (κ3) is 2.46. The standard InChI is InChI=1S/C11H17N5S/c1-8(2)7-15-10(13-14-11(15)17)9(3)16-6-4-5-12-16/h4-6,8-9H,7H2,1-3H3,(H,14,17). The maximum absolute atomic E-state index is 5.26. The van der Waals surface area contributed by atoms with Crippen LogP contribution in [0.1, 0.15) is 32.6 Å². The summed E-state index contributed by atoms with van der Waals surface area (Å²) >= 11 is 5.26.